The van der Waals surface area contributed by atoms with Crippen LogP contribution >= 0.6 is 12.6 Å². The van der Waals surface area contributed by atoms with Crippen molar-refractivity contribution in [3.63, 3.8) is 0 Å². The highest BCUT2D eigenvalue weighted by molar-refractivity contribution is 7.80. The Morgan fingerprint density at radius 2 is 1.20 bits per heavy atom. The van der Waals surface area contributed by atoms with Gasteiger partial charge in [-0.3, -0.25) is 0 Å². The highest BCUT2D eigenvalue weighted by Crippen LogP contribution is 2.11. The van der Waals surface area contributed by atoms with Crippen LogP contribution in [0.3, 0.4) is 0 Å². The van der Waals surface area contributed by atoms with Crippen LogP contribution in [0.25, 0.3) is 0 Å². The molecular formula is C19H36S. The second-order valence-electron chi connectivity index (χ2n) is 6.02. The number of hydrogen-bond acceptors (Lipinski definition) is 1. The maximum Gasteiger partial charge on any atom is -0.00979 e. The molecule has 0 heterocycles. The SMILES string of the molecule is C=C(C)CCCCCCC/C=C\CCCCCCCS. The van der Waals surface area contributed by atoms with Crippen molar-refractivity contribution in [1.29, 1.82) is 0 Å². The van der Waals surface area contributed by atoms with Gasteiger partial charge in [-0.15, -0.1) is 6.58 Å². The Kier molecular flexibility index (Phi) is 16.7. The van der Waals surface area contributed by atoms with E-state index < -0.39 is 0 Å². The van der Waals surface area contributed by atoms with Gasteiger partial charge in [-0.1, -0.05) is 56.3 Å². The molecule has 0 unspecified atom stereocenters. The third-order valence-corrected chi connectivity index (χ3v) is 3.99. The molecule has 0 spiro atoms. The number of rotatable bonds is 15. The highest BCUT2D eigenvalue weighted by atomic mass is 32.1. The van der Waals surface area contributed by atoms with E-state index in [-0.39, 0.29) is 0 Å². The fourth-order valence-corrected chi connectivity index (χ4v) is 2.58. The van der Waals surface area contributed by atoms with E-state index in [1.807, 2.05) is 0 Å². The minimum atomic E-state index is 1.05. The molecule has 0 aromatic rings. The van der Waals surface area contributed by atoms with Crippen LogP contribution in [0.1, 0.15) is 90.4 Å². The fraction of sp³-hybridized carbons (Fsp3) is 0.789. The Labute approximate surface area is 133 Å². The molecule has 0 aliphatic rings. The third-order valence-electron chi connectivity index (χ3n) is 3.67. The molecule has 0 amide bonds. The van der Waals surface area contributed by atoms with Crippen LogP contribution < -0.4 is 0 Å². The Morgan fingerprint density at radius 3 is 1.70 bits per heavy atom. The summed E-state index contributed by atoms with van der Waals surface area (Å²) in [7, 11) is 0. The van der Waals surface area contributed by atoms with Gasteiger partial charge in [0.1, 0.15) is 0 Å². The van der Waals surface area contributed by atoms with Crippen LogP contribution in [0.5, 0.6) is 0 Å². The predicted octanol–water partition coefficient (Wildman–Crippen LogP) is 7.12. The monoisotopic (exact) mass is 296 g/mol. The van der Waals surface area contributed by atoms with Crippen LogP contribution in [0, 0.1) is 0 Å². The average Bonchev–Trinajstić information content (AvgIpc) is 2.43. The molecular weight excluding hydrogens is 260 g/mol. The zero-order chi connectivity index (χ0) is 14.9. The molecule has 0 radical (unpaired) electrons. The molecule has 20 heavy (non-hydrogen) atoms. The normalized spacial score (nSPS) is 11.3. The maximum atomic E-state index is 4.23. The van der Waals surface area contributed by atoms with E-state index in [0.29, 0.717) is 0 Å². The average molecular weight is 297 g/mol. The summed E-state index contributed by atoms with van der Waals surface area (Å²) in [6.45, 7) is 6.08. The first-order chi connectivity index (χ1) is 9.77. The maximum absolute atomic E-state index is 4.23. The minimum Gasteiger partial charge on any atom is -0.179 e. The second-order valence-corrected chi connectivity index (χ2v) is 6.46. The van der Waals surface area contributed by atoms with Gasteiger partial charge >= 0.3 is 0 Å². The van der Waals surface area contributed by atoms with Crippen LogP contribution in [0.15, 0.2) is 24.3 Å². The summed E-state index contributed by atoms with van der Waals surface area (Å²) in [4.78, 5) is 0. The summed E-state index contributed by atoms with van der Waals surface area (Å²) in [6.07, 6.45) is 22.2. The van der Waals surface area contributed by atoms with Crippen molar-refractivity contribution in [2.24, 2.45) is 0 Å². The summed E-state index contributed by atoms with van der Waals surface area (Å²) in [5.74, 6) is 1.05. The lowest BCUT2D eigenvalue weighted by atomic mass is 10.1. The van der Waals surface area contributed by atoms with Crippen molar-refractivity contribution in [2.75, 3.05) is 5.75 Å². The lowest BCUT2D eigenvalue weighted by Gasteiger charge is -2.00. The Morgan fingerprint density at radius 1 is 0.750 bits per heavy atom. The van der Waals surface area contributed by atoms with Gasteiger partial charge in [0.05, 0.1) is 0 Å². The first-order valence-electron chi connectivity index (χ1n) is 8.67. The molecule has 0 saturated carbocycles. The van der Waals surface area contributed by atoms with Gasteiger partial charge in [-0.25, -0.2) is 0 Å². The quantitative estimate of drug-likeness (QED) is 0.186. The smallest absolute Gasteiger partial charge is 0.00979 e. The molecule has 0 aromatic carbocycles. The molecule has 0 saturated heterocycles. The first kappa shape index (κ1) is 19.8. The number of thiol groups is 1. The molecule has 0 bridgehead atoms. The number of allylic oxidation sites excluding steroid dienone is 3. The molecule has 0 N–H and O–H groups in total. The number of unbranched alkanes of at least 4 members (excludes halogenated alkanes) is 10. The van der Waals surface area contributed by atoms with Gasteiger partial charge in [0.25, 0.3) is 0 Å². The number of hydrogen-bond donors (Lipinski definition) is 1. The van der Waals surface area contributed by atoms with Crippen molar-refractivity contribution < 1.29 is 0 Å². The van der Waals surface area contributed by atoms with Gasteiger partial charge in [0.15, 0.2) is 0 Å². The molecule has 1 heteroatoms. The van der Waals surface area contributed by atoms with Crippen molar-refractivity contribution >= 4 is 12.6 Å². The van der Waals surface area contributed by atoms with Crippen LogP contribution in [-0.4, -0.2) is 5.75 Å². The second kappa shape index (κ2) is 16.9. The Bertz CT molecular complexity index is 230. The van der Waals surface area contributed by atoms with Crippen molar-refractivity contribution in [3.8, 4) is 0 Å². The molecule has 0 aliphatic carbocycles. The minimum absolute atomic E-state index is 1.05. The van der Waals surface area contributed by atoms with Gasteiger partial charge in [-0.05, 0) is 57.6 Å². The van der Waals surface area contributed by atoms with Gasteiger partial charge < -0.3 is 0 Å². The Balaban J connectivity index is 3.07. The van der Waals surface area contributed by atoms with Gasteiger partial charge in [0.2, 0.25) is 0 Å². The topological polar surface area (TPSA) is 0 Å². The van der Waals surface area contributed by atoms with Crippen molar-refractivity contribution in [3.05, 3.63) is 24.3 Å². The summed E-state index contributed by atoms with van der Waals surface area (Å²) in [5, 5.41) is 0. The largest absolute Gasteiger partial charge is 0.179 e. The predicted molar refractivity (Wildman–Crippen MR) is 97.8 cm³/mol. The van der Waals surface area contributed by atoms with E-state index in [9.17, 15) is 0 Å². The van der Waals surface area contributed by atoms with Gasteiger partial charge in [0, 0.05) is 0 Å². The zero-order valence-corrected chi connectivity index (χ0v) is 14.6. The highest BCUT2D eigenvalue weighted by Gasteiger charge is 1.91. The standard InChI is InChI=1S/C19H36S/c1-19(2)17-15-13-11-9-7-5-3-4-6-8-10-12-14-16-18-20/h3-4,20H,1,5-18H2,2H3/b4-3-. The molecule has 0 nitrogen and oxygen atoms in total. The fourth-order valence-electron chi connectivity index (χ4n) is 2.36. The Hall–Kier alpha value is -0.170. The third kappa shape index (κ3) is 17.8. The summed E-state index contributed by atoms with van der Waals surface area (Å²) < 4.78 is 0. The zero-order valence-electron chi connectivity index (χ0n) is 13.7. The lowest BCUT2D eigenvalue weighted by molar-refractivity contribution is 0.615. The van der Waals surface area contributed by atoms with E-state index in [1.54, 1.807) is 0 Å². The van der Waals surface area contributed by atoms with Crippen molar-refractivity contribution in [2.45, 2.75) is 90.4 Å². The summed E-state index contributed by atoms with van der Waals surface area (Å²) in [6, 6.07) is 0. The molecule has 0 fully saturated rings. The first-order valence-corrected chi connectivity index (χ1v) is 9.31. The van der Waals surface area contributed by atoms with E-state index >= 15 is 0 Å². The summed E-state index contributed by atoms with van der Waals surface area (Å²) in [5.41, 5.74) is 1.33. The van der Waals surface area contributed by atoms with E-state index in [2.05, 4.69) is 38.3 Å². The summed E-state index contributed by atoms with van der Waals surface area (Å²) >= 11 is 4.23. The van der Waals surface area contributed by atoms with E-state index in [4.69, 9.17) is 0 Å². The van der Waals surface area contributed by atoms with E-state index in [1.165, 1.54) is 89.0 Å². The van der Waals surface area contributed by atoms with Crippen molar-refractivity contribution in [1.82, 2.24) is 0 Å². The van der Waals surface area contributed by atoms with Crippen LogP contribution in [0.2, 0.25) is 0 Å². The lowest BCUT2D eigenvalue weighted by Crippen LogP contribution is -1.81. The molecule has 0 aliphatic heterocycles. The van der Waals surface area contributed by atoms with Crippen LogP contribution in [-0.2, 0) is 0 Å². The molecule has 0 rings (SSSR count). The van der Waals surface area contributed by atoms with E-state index in [0.717, 1.165) is 5.75 Å². The molecule has 118 valence electrons. The van der Waals surface area contributed by atoms with Gasteiger partial charge in [-0.2, -0.15) is 12.6 Å². The van der Waals surface area contributed by atoms with Crippen LogP contribution in [0.4, 0.5) is 0 Å². The molecule has 0 aromatic heterocycles. The molecule has 0 atom stereocenters.